The van der Waals surface area contributed by atoms with Crippen LogP contribution in [0, 0.1) is 0 Å². The number of carboxylic acid groups (broad SMARTS) is 1. The quantitative estimate of drug-likeness (QED) is 0.844. The van der Waals surface area contributed by atoms with Crippen LogP contribution in [0.2, 0.25) is 0 Å². The first kappa shape index (κ1) is 15.4. The molecule has 7 nitrogen and oxygen atoms in total. The van der Waals surface area contributed by atoms with Gasteiger partial charge in [0, 0.05) is 12.3 Å². The van der Waals surface area contributed by atoms with Gasteiger partial charge in [-0.25, -0.2) is 14.8 Å². The Morgan fingerprint density at radius 3 is 2.45 bits per heavy atom. The summed E-state index contributed by atoms with van der Waals surface area (Å²) in [5, 5.41) is 9.20. The predicted molar refractivity (Wildman–Crippen MR) is 77.5 cm³/mol. The van der Waals surface area contributed by atoms with Crippen LogP contribution in [-0.2, 0) is 0 Å². The number of ether oxygens (including phenoxy) is 2. The zero-order valence-electron chi connectivity index (χ0n) is 12.3. The van der Waals surface area contributed by atoms with Gasteiger partial charge in [0.25, 0.3) is 0 Å². The highest BCUT2D eigenvalue weighted by Crippen LogP contribution is 2.31. The average Bonchev–Trinajstić information content (AvgIpc) is 2.53. The van der Waals surface area contributed by atoms with Crippen LogP contribution in [0.15, 0.2) is 24.4 Å². The summed E-state index contributed by atoms with van der Waals surface area (Å²) in [5.41, 5.74) is 0.125. The number of ketones is 1. The van der Waals surface area contributed by atoms with E-state index in [1.807, 2.05) is 0 Å². The van der Waals surface area contributed by atoms with Gasteiger partial charge in [-0.2, -0.15) is 0 Å². The van der Waals surface area contributed by atoms with Gasteiger partial charge >= 0.3 is 5.97 Å². The highest BCUT2D eigenvalue weighted by Gasteiger charge is 2.19. The van der Waals surface area contributed by atoms with Crippen LogP contribution in [0.3, 0.4) is 0 Å². The molecule has 0 spiro atoms. The lowest BCUT2D eigenvalue weighted by atomic mass is 10.1. The largest absolute Gasteiger partial charge is 0.497 e. The molecule has 2 rings (SSSR count). The molecular formula is C15H14N2O5. The van der Waals surface area contributed by atoms with E-state index in [0.29, 0.717) is 17.1 Å². The van der Waals surface area contributed by atoms with Crippen LogP contribution < -0.4 is 9.47 Å². The summed E-state index contributed by atoms with van der Waals surface area (Å²) in [5.74, 6) is -0.528. The Bertz CT molecular complexity index is 743. The zero-order valence-corrected chi connectivity index (χ0v) is 12.3. The molecule has 0 aliphatic carbocycles. The molecule has 0 bridgehead atoms. The minimum atomic E-state index is -1.29. The van der Waals surface area contributed by atoms with Crippen LogP contribution in [0.4, 0.5) is 0 Å². The molecule has 0 atom stereocenters. The third kappa shape index (κ3) is 2.88. The van der Waals surface area contributed by atoms with Crippen molar-refractivity contribution >= 4 is 11.8 Å². The van der Waals surface area contributed by atoms with Crippen LogP contribution in [0.1, 0.15) is 27.8 Å². The minimum Gasteiger partial charge on any atom is -0.497 e. The summed E-state index contributed by atoms with van der Waals surface area (Å²) in [7, 11) is 3.00. The van der Waals surface area contributed by atoms with Gasteiger partial charge in [0.05, 0.1) is 25.3 Å². The summed E-state index contributed by atoms with van der Waals surface area (Å²) in [4.78, 5) is 30.7. The standard InChI is InChI=1S/C15H14N2O5/c1-8(18)11-7-16-14(17-13(11)15(19)20)10-5-4-9(21-2)6-12(10)22-3/h4-7H,1-3H3,(H,19,20). The number of aromatic nitrogens is 2. The van der Waals surface area contributed by atoms with Crippen LogP contribution >= 0.6 is 0 Å². The number of aromatic carboxylic acids is 1. The number of carboxylic acids is 1. The highest BCUT2D eigenvalue weighted by atomic mass is 16.5. The monoisotopic (exact) mass is 302 g/mol. The van der Waals surface area contributed by atoms with E-state index < -0.39 is 11.8 Å². The van der Waals surface area contributed by atoms with Gasteiger partial charge in [-0.05, 0) is 19.1 Å². The molecule has 0 fully saturated rings. The topological polar surface area (TPSA) is 98.6 Å². The Labute approximate surface area is 126 Å². The highest BCUT2D eigenvalue weighted by molar-refractivity contribution is 6.03. The maximum absolute atomic E-state index is 11.4. The number of benzene rings is 1. The first-order valence-electron chi connectivity index (χ1n) is 6.31. The number of hydrogen-bond donors (Lipinski definition) is 1. The molecule has 7 heteroatoms. The molecular weight excluding hydrogens is 288 g/mol. The lowest BCUT2D eigenvalue weighted by Gasteiger charge is -2.10. The molecule has 0 saturated heterocycles. The van der Waals surface area contributed by atoms with E-state index in [9.17, 15) is 14.7 Å². The average molecular weight is 302 g/mol. The molecule has 0 radical (unpaired) electrons. The van der Waals surface area contributed by atoms with Crippen molar-refractivity contribution in [2.75, 3.05) is 14.2 Å². The smallest absolute Gasteiger partial charge is 0.355 e. The summed E-state index contributed by atoms with van der Waals surface area (Å²) < 4.78 is 10.3. The first-order chi connectivity index (χ1) is 10.5. The van der Waals surface area contributed by atoms with Crippen molar-refractivity contribution in [2.45, 2.75) is 6.92 Å². The Kier molecular flexibility index (Phi) is 4.36. The van der Waals surface area contributed by atoms with E-state index in [2.05, 4.69) is 9.97 Å². The van der Waals surface area contributed by atoms with Crippen molar-refractivity contribution < 1.29 is 24.2 Å². The van der Waals surface area contributed by atoms with Crippen LogP contribution in [0.25, 0.3) is 11.4 Å². The molecule has 1 aromatic carbocycles. The third-order valence-electron chi connectivity index (χ3n) is 3.02. The van der Waals surface area contributed by atoms with E-state index in [-0.39, 0.29) is 17.1 Å². The fraction of sp³-hybridized carbons (Fsp3) is 0.200. The summed E-state index contributed by atoms with van der Waals surface area (Å²) in [6, 6.07) is 4.98. The Balaban J connectivity index is 2.61. The second kappa shape index (κ2) is 6.21. The molecule has 0 aliphatic heterocycles. The number of carbonyl (C=O) groups is 2. The van der Waals surface area contributed by atoms with E-state index in [0.717, 1.165) is 0 Å². The minimum absolute atomic E-state index is 0.0382. The number of nitrogens with zero attached hydrogens (tertiary/aromatic N) is 2. The Morgan fingerprint density at radius 1 is 1.18 bits per heavy atom. The predicted octanol–water partition coefficient (Wildman–Crippen LogP) is 2.06. The maximum Gasteiger partial charge on any atom is 0.355 e. The van der Waals surface area contributed by atoms with E-state index in [1.54, 1.807) is 18.2 Å². The molecule has 1 N–H and O–H groups in total. The van der Waals surface area contributed by atoms with Crippen molar-refractivity contribution in [3.05, 3.63) is 35.7 Å². The summed E-state index contributed by atoms with van der Waals surface area (Å²) >= 11 is 0. The van der Waals surface area contributed by atoms with Crippen LogP contribution in [-0.4, -0.2) is 41.0 Å². The molecule has 1 heterocycles. The van der Waals surface area contributed by atoms with Crippen molar-refractivity contribution in [3.63, 3.8) is 0 Å². The van der Waals surface area contributed by atoms with Crippen molar-refractivity contribution in [1.29, 1.82) is 0 Å². The van der Waals surface area contributed by atoms with Crippen molar-refractivity contribution in [3.8, 4) is 22.9 Å². The van der Waals surface area contributed by atoms with Gasteiger partial charge in [0.1, 0.15) is 11.5 Å². The number of rotatable bonds is 5. The second-order valence-corrected chi connectivity index (χ2v) is 4.38. The van der Waals surface area contributed by atoms with E-state index in [1.165, 1.54) is 27.3 Å². The first-order valence-corrected chi connectivity index (χ1v) is 6.31. The van der Waals surface area contributed by atoms with Crippen LogP contribution in [0.5, 0.6) is 11.5 Å². The fourth-order valence-electron chi connectivity index (χ4n) is 1.92. The lowest BCUT2D eigenvalue weighted by Crippen LogP contribution is -2.11. The van der Waals surface area contributed by atoms with E-state index >= 15 is 0 Å². The van der Waals surface area contributed by atoms with Gasteiger partial charge in [0.2, 0.25) is 0 Å². The normalized spacial score (nSPS) is 10.1. The van der Waals surface area contributed by atoms with Gasteiger partial charge in [0.15, 0.2) is 17.3 Å². The SMILES string of the molecule is COc1ccc(-c2ncc(C(C)=O)c(C(=O)O)n2)c(OC)c1. The summed E-state index contributed by atoms with van der Waals surface area (Å²) in [6.45, 7) is 1.26. The molecule has 0 saturated carbocycles. The Hall–Kier alpha value is -2.96. The molecule has 22 heavy (non-hydrogen) atoms. The molecule has 0 aliphatic rings. The number of carbonyl (C=O) groups excluding carboxylic acids is 1. The Morgan fingerprint density at radius 2 is 1.91 bits per heavy atom. The van der Waals surface area contributed by atoms with Gasteiger partial charge < -0.3 is 14.6 Å². The fourth-order valence-corrected chi connectivity index (χ4v) is 1.92. The molecule has 0 unspecified atom stereocenters. The van der Waals surface area contributed by atoms with Gasteiger partial charge in [-0.1, -0.05) is 0 Å². The number of Topliss-reactive ketones (excluding diaryl/α,β-unsaturated/α-hetero) is 1. The van der Waals surface area contributed by atoms with Crippen molar-refractivity contribution in [1.82, 2.24) is 9.97 Å². The lowest BCUT2D eigenvalue weighted by molar-refractivity contribution is 0.0685. The maximum atomic E-state index is 11.4. The third-order valence-corrected chi connectivity index (χ3v) is 3.02. The van der Waals surface area contributed by atoms with Gasteiger partial charge in [-0.3, -0.25) is 4.79 Å². The van der Waals surface area contributed by atoms with Crippen molar-refractivity contribution in [2.24, 2.45) is 0 Å². The molecule has 1 aromatic heterocycles. The number of methoxy groups -OCH3 is 2. The zero-order chi connectivity index (χ0) is 16.3. The second-order valence-electron chi connectivity index (χ2n) is 4.38. The molecule has 0 amide bonds. The molecule has 2 aromatic rings. The molecule has 114 valence electrons. The van der Waals surface area contributed by atoms with E-state index in [4.69, 9.17) is 9.47 Å². The number of hydrogen-bond acceptors (Lipinski definition) is 6. The summed E-state index contributed by atoms with van der Waals surface area (Å²) in [6.07, 6.45) is 1.21. The van der Waals surface area contributed by atoms with Gasteiger partial charge in [-0.15, -0.1) is 0 Å².